The van der Waals surface area contributed by atoms with E-state index in [4.69, 9.17) is 10.5 Å². The summed E-state index contributed by atoms with van der Waals surface area (Å²) in [6, 6.07) is 1.62. The molecular formula is C14H16N2O3S. The van der Waals surface area contributed by atoms with Crippen LogP contribution in [-0.4, -0.2) is 17.6 Å². The molecule has 3 rings (SSSR count). The highest BCUT2D eigenvalue weighted by molar-refractivity contribution is 7.21. The molecule has 1 fully saturated rings. The van der Waals surface area contributed by atoms with Crippen molar-refractivity contribution in [2.24, 2.45) is 0 Å². The summed E-state index contributed by atoms with van der Waals surface area (Å²) < 4.78 is 5.01. The third-order valence-electron chi connectivity index (χ3n) is 3.76. The number of fused-ring (bicyclic) bond motifs is 1. The van der Waals surface area contributed by atoms with Crippen LogP contribution in [0.2, 0.25) is 0 Å². The van der Waals surface area contributed by atoms with Gasteiger partial charge in [0.15, 0.2) is 0 Å². The van der Waals surface area contributed by atoms with Crippen LogP contribution in [0.1, 0.15) is 47.3 Å². The molecule has 2 aromatic rings. The van der Waals surface area contributed by atoms with Crippen LogP contribution in [-0.2, 0) is 4.74 Å². The SMILES string of the molecule is CCOC(=O)c1sc2[nH]c(=O)cc(C3CCC3)c2c1N. The molecule has 0 aliphatic heterocycles. The highest BCUT2D eigenvalue weighted by atomic mass is 32.1. The standard InChI is InChI=1S/C14H16N2O3S/c1-2-19-14(18)12-11(15)10-8(7-4-3-5-7)6-9(17)16-13(10)20-12/h6-7H,2-5,15H2,1H3,(H,16,17). The number of nitrogens with one attached hydrogen (secondary N) is 1. The van der Waals surface area contributed by atoms with Gasteiger partial charge < -0.3 is 15.5 Å². The first-order valence-electron chi connectivity index (χ1n) is 6.74. The van der Waals surface area contributed by atoms with Gasteiger partial charge in [-0.3, -0.25) is 4.79 Å². The zero-order chi connectivity index (χ0) is 14.3. The number of pyridine rings is 1. The maximum atomic E-state index is 11.9. The zero-order valence-electron chi connectivity index (χ0n) is 11.2. The predicted octanol–water partition coefficient (Wildman–Crippen LogP) is 2.62. The van der Waals surface area contributed by atoms with Gasteiger partial charge in [0.2, 0.25) is 5.56 Å². The molecule has 2 aromatic heterocycles. The van der Waals surface area contributed by atoms with Crippen LogP contribution in [0.25, 0.3) is 10.2 Å². The highest BCUT2D eigenvalue weighted by Crippen LogP contribution is 2.43. The monoisotopic (exact) mass is 292 g/mol. The van der Waals surface area contributed by atoms with E-state index in [1.165, 1.54) is 17.8 Å². The molecule has 0 aromatic carbocycles. The van der Waals surface area contributed by atoms with Gasteiger partial charge in [-0.05, 0) is 31.2 Å². The normalized spacial score (nSPS) is 15.2. The van der Waals surface area contributed by atoms with Crippen molar-refractivity contribution in [1.29, 1.82) is 0 Å². The zero-order valence-corrected chi connectivity index (χ0v) is 12.0. The molecule has 1 aliphatic carbocycles. The fraction of sp³-hybridized carbons (Fsp3) is 0.429. The number of anilines is 1. The first kappa shape index (κ1) is 13.2. The average molecular weight is 292 g/mol. The van der Waals surface area contributed by atoms with Gasteiger partial charge in [-0.2, -0.15) is 0 Å². The fourth-order valence-electron chi connectivity index (χ4n) is 2.57. The van der Waals surface area contributed by atoms with Gasteiger partial charge in [0.05, 0.1) is 12.3 Å². The van der Waals surface area contributed by atoms with Crippen molar-refractivity contribution in [2.75, 3.05) is 12.3 Å². The summed E-state index contributed by atoms with van der Waals surface area (Å²) in [6.07, 6.45) is 3.32. The third kappa shape index (κ3) is 2.00. The van der Waals surface area contributed by atoms with Crippen molar-refractivity contribution in [2.45, 2.75) is 32.1 Å². The molecule has 0 bridgehead atoms. The minimum Gasteiger partial charge on any atom is -0.462 e. The second kappa shape index (κ2) is 4.94. The number of aromatic nitrogens is 1. The van der Waals surface area contributed by atoms with Crippen molar-refractivity contribution in [3.63, 3.8) is 0 Å². The number of H-pyrrole nitrogens is 1. The van der Waals surface area contributed by atoms with E-state index >= 15 is 0 Å². The minimum atomic E-state index is -0.424. The van der Waals surface area contributed by atoms with Gasteiger partial charge >= 0.3 is 5.97 Å². The number of carbonyl (C=O) groups excluding carboxylic acids is 1. The van der Waals surface area contributed by atoms with E-state index in [9.17, 15) is 9.59 Å². The lowest BCUT2D eigenvalue weighted by Crippen LogP contribution is -2.14. The summed E-state index contributed by atoms with van der Waals surface area (Å²) in [5.41, 5.74) is 7.39. The van der Waals surface area contributed by atoms with Crippen molar-refractivity contribution >= 4 is 33.2 Å². The van der Waals surface area contributed by atoms with Gasteiger partial charge in [0.1, 0.15) is 9.71 Å². The van der Waals surface area contributed by atoms with Crippen LogP contribution < -0.4 is 11.3 Å². The van der Waals surface area contributed by atoms with E-state index in [2.05, 4.69) is 4.98 Å². The summed E-state index contributed by atoms with van der Waals surface area (Å²) >= 11 is 1.20. The topological polar surface area (TPSA) is 85.2 Å². The van der Waals surface area contributed by atoms with E-state index in [1.807, 2.05) is 0 Å². The van der Waals surface area contributed by atoms with E-state index in [0.717, 1.165) is 23.8 Å². The Hall–Kier alpha value is -1.82. The first-order chi connectivity index (χ1) is 9.61. The summed E-state index contributed by atoms with van der Waals surface area (Å²) in [5, 5.41) is 0.822. The molecule has 3 N–H and O–H groups in total. The molecule has 106 valence electrons. The average Bonchev–Trinajstić information content (AvgIpc) is 2.64. The molecule has 0 radical (unpaired) electrons. The van der Waals surface area contributed by atoms with E-state index < -0.39 is 5.97 Å². The first-order valence-corrected chi connectivity index (χ1v) is 7.55. The van der Waals surface area contributed by atoms with Gasteiger partial charge in [0, 0.05) is 11.5 Å². The van der Waals surface area contributed by atoms with Crippen molar-refractivity contribution in [1.82, 2.24) is 4.98 Å². The minimum absolute atomic E-state index is 0.143. The van der Waals surface area contributed by atoms with Crippen molar-refractivity contribution < 1.29 is 9.53 Å². The Balaban J connectivity index is 2.20. The molecule has 5 nitrogen and oxygen atoms in total. The Bertz CT molecular complexity index is 728. The van der Waals surface area contributed by atoms with E-state index in [0.29, 0.717) is 27.9 Å². The second-order valence-electron chi connectivity index (χ2n) is 4.99. The molecule has 0 amide bonds. The Morgan fingerprint density at radius 3 is 2.90 bits per heavy atom. The number of rotatable bonds is 3. The van der Waals surface area contributed by atoms with Crippen LogP contribution in [0, 0.1) is 0 Å². The van der Waals surface area contributed by atoms with Crippen molar-refractivity contribution in [3.05, 3.63) is 26.9 Å². The Morgan fingerprint density at radius 1 is 1.55 bits per heavy atom. The van der Waals surface area contributed by atoms with Crippen LogP contribution in [0.3, 0.4) is 0 Å². The van der Waals surface area contributed by atoms with Crippen LogP contribution in [0.15, 0.2) is 10.9 Å². The Morgan fingerprint density at radius 2 is 2.30 bits per heavy atom. The highest BCUT2D eigenvalue weighted by Gasteiger charge is 2.26. The molecule has 20 heavy (non-hydrogen) atoms. The number of nitrogens with two attached hydrogens (primary N) is 1. The third-order valence-corrected chi connectivity index (χ3v) is 4.86. The molecule has 1 saturated carbocycles. The summed E-state index contributed by atoms with van der Waals surface area (Å²) in [4.78, 5) is 27.5. The Labute approximate surface area is 119 Å². The number of thiophene rings is 1. The number of hydrogen-bond donors (Lipinski definition) is 2. The molecule has 2 heterocycles. The number of hydrogen-bond acceptors (Lipinski definition) is 5. The van der Waals surface area contributed by atoms with Crippen LogP contribution in [0.4, 0.5) is 5.69 Å². The molecule has 0 unspecified atom stereocenters. The number of ether oxygens (including phenoxy) is 1. The Kier molecular flexibility index (Phi) is 3.25. The quantitative estimate of drug-likeness (QED) is 0.852. The van der Waals surface area contributed by atoms with Gasteiger partial charge in [-0.15, -0.1) is 11.3 Å². The lowest BCUT2D eigenvalue weighted by atomic mass is 9.79. The van der Waals surface area contributed by atoms with E-state index in [1.54, 1.807) is 13.0 Å². The molecule has 0 saturated heterocycles. The lowest BCUT2D eigenvalue weighted by Gasteiger charge is -2.26. The van der Waals surface area contributed by atoms with Crippen molar-refractivity contribution in [3.8, 4) is 0 Å². The lowest BCUT2D eigenvalue weighted by molar-refractivity contribution is 0.0533. The molecular weight excluding hydrogens is 276 g/mol. The predicted molar refractivity (Wildman–Crippen MR) is 79.4 cm³/mol. The maximum Gasteiger partial charge on any atom is 0.350 e. The number of carbonyl (C=O) groups is 1. The van der Waals surface area contributed by atoms with Gasteiger partial charge in [-0.1, -0.05) is 6.42 Å². The molecule has 6 heteroatoms. The summed E-state index contributed by atoms with van der Waals surface area (Å²) in [5.74, 6) is -0.0432. The van der Waals surface area contributed by atoms with E-state index in [-0.39, 0.29) is 5.56 Å². The van der Waals surface area contributed by atoms with Gasteiger partial charge in [0.25, 0.3) is 0 Å². The van der Waals surface area contributed by atoms with Crippen LogP contribution in [0.5, 0.6) is 0 Å². The number of esters is 1. The fourth-order valence-corrected chi connectivity index (χ4v) is 3.61. The molecule has 0 atom stereocenters. The summed E-state index contributed by atoms with van der Waals surface area (Å²) in [6.45, 7) is 2.06. The van der Waals surface area contributed by atoms with Crippen LogP contribution >= 0.6 is 11.3 Å². The summed E-state index contributed by atoms with van der Waals surface area (Å²) in [7, 11) is 0. The smallest absolute Gasteiger partial charge is 0.350 e. The number of nitrogen functional groups attached to an aromatic ring is 1. The largest absolute Gasteiger partial charge is 0.462 e. The second-order valence-corrected chi connectivity index (χ2v) is 6.01. The molecule has 0 spiro atoms. The number of aromatic amines is 1. The molecule has 1 aliphatic rings. The van der Waals surface area contributed by atoms with Gasteiger partial charge in [-0.25, -0.2) is 4.79 Å². The maximum absolute atomic E-state index is 11.9.